The van der Waals surface area contributed by atoms with E-state index >= 15 is 0 Å². The van der Waals surface area contributed by atoms with Gasteiger partial charge in [-0.2, -0.15) is 0 Å². The topological polar surface area (TPSA) is 24.9 Å². The van der Waals surface area contributed by atoms with Crippen LogP contribution in [-0.2, 0) is 6.54 Å². The van der Waals surface area contributed by atoms with Gasteiger partial charge in [-0.25, -0.2) is 0 Å². The molecule has 0 saturated heterocycles. The number of hydrogen-bond donors (Lipinski definition) is 1. The fourth-order valence-electron chi connectivity index (χ4n) is 0.852. The molecule has 1 aromatic rings. The van der Waals surface area contributed by atoms with E-state index in [9.17, 15) is 0 Å². The van der Waals surface area contributed by atoms with Crippen LogP contribution in [0.3, 0.4) is 0 Å². The Bertz CT molecular complexity index is 231. The molecular formula is C10H14N2. The highest BCUT2D eigenvalue weighted by molar-refractivity contribution is 5.03. The molecule has 2 heteroatoms. The first-order valence-corrected chi connectivity index (χ1v) is 4.09. The van der Waals surface area contributed by atoms with Crippen LogP contribution in [0.5, 0.6) is 0 Å². The number of rotatable bonds is 4. The summed E-state index contributed by atoms with van der Waals surface area (Å²) in [6.07, 6.45) is 3.68. The molecule has 0 bridgehead atoms. The van der Waals surface area contributed by atoms with E-state index in [0.29, 0.717) is 6.04 Å². The summed E-state index contributed by atoms with van der Waals surface area (Å²) in [6, 6.07) is 6.25. The molecule has 0 unspecified atom stereocenters. The van der Waals surface area contributed by atoms with Crippen molar-refractivity contribution in [1.82, 2.24) is 10.3 Å². The lowest BCUT2D eigenvalue weighted by molar-refractivity contribution is 0.624. The molecular weight excluding hydrogens is 148 g/mol. The molecule has 0 aliphatic rings. The summed E-state index contributed by atoms with van der Waals surface area (Å²) >= 11 is 0. The molecule has 1 aromatic heterocycles. The minimum Gasteiger partial charge on any atom is -0.305 e. The number of pyridine rings is 1. The summed E-state index contributed by atoms with van der Waals surface area (Å²) in [5.41, 5.74) is 1.06. The molecule has 1 atom stereocenters. The molecule has 1 rings (SSSR count). The Morgan fingerprint density at radius 3 is 3.08 bits per heavy atom. The molecule has 0 aliphatic heterocycles. The first kappa shape index (κ1) is 8.94. The van der Waals surface area contributed by atoms with Crippen LogP contribution in [0.1, 0.15) is 12.6 Å². The molecule has 2 nitrogen and oxygen atoms in total. The van der Waals surface area contributed by atoms with E-state index in [2.05, 4.69) is 23.8 Å². The van der Waals surface area contributed by atoms with Gasteiger partial charge in [-0.05, 0) is 19.1 Å². The van der Waals surface area contributed by atoms with E-state index in [4.69, 9.17) is 0 Å². The predicted octanol–water partition coefficient (Wildman–Crippen LogP) is 1.75. The monoisotopic (exact) mass is 162 g/mol. The van der Waals surface area contributed by atoms with Gasteiger partial charge in [-0.3, -0.25) is 4.98 Å². The summed E-state index contributed by atoms with van der Waals surface area (Å²) < 4.78 is 0. The van der Waals surface area contributed by atoms with E-state index in [1.807, 2.05) is 24.3 Å². The SMILES string of the molecule is C=C[C@@H](C)NCc1ccccn1. The fraction of sp³-hybridized carbons (Fsp3) is 0.300. The van der Waals surface area contributed by atoms with Gasteiger partial charge in [0.25, 0.3) is 0 Å². The van der Waals surface area contributed by atoms with Gasteiger partial charge >= 0.3 is 0 Å². The zero-order valence-electron chi connectivity index (χ0n) is 7.33. The lowest BCUT2D eigenvalue weighted by atomic mass is 10.3. The fourth-order valence-corrected chi connectivity index (χ4v) is 0.852. The Morgan fingerprint density at radius 1 is 1.67 bits per heavy atom. The Hall–Kier alpha value is -1.15. The van der Waals surface area contributed by atoms with Crippen LogP contribution >= 0.6 is 0 Å². The van der Waals surface area contributed by atoms with Crippen molar-refractivity contribution in [3.63, 3.8) is 0 Å². The van der Waals surface area contributed by atoms with Crippen molar-refractivity contribution in [2.75, 3.05) is 0 Å². The molecule has 0 amide bonds. The van der Waals surface area contributed by atoms with Crippen LogP contribution in [-0.4, -0.2) is 11.0 Å². The van der Waals surface area contributed by atoms with Crippen molar-refractivity contribution in [3.05, 3.63) is 42.7 Å². The third-order valence-corrected chi connectivity index (χ3v) is 1.68. The van der Waals surface area contributed by atoms with Crippen molar-refractivity contribution in [1.29, 1.82) is 0 Å². The van der Waals surface area contributed by atoms with Crippen molar-refractivity contribution >= 4 is 0 Å². The van der Waals surface area contributed by atoms with E-state index in [-0.39, 0.29) is 0 Å². The van der Waals surface area contributed by atoms with E-state index in [1.54, 1.807) is 6.20 Å². The van der Waals surface area contributed by atoms with E-state index in [0.717, 1.165) is 12.2 Å². The van der Waals surface area contributed by atoms with Crippen LogP contribution in [0.2, 0.25) is 0 Å². The standard InChI is InChI=1S/C10H14N2/c1-3-9(2)12-8-10-6-4-5-7-11-10/h3-7,9,12H,1,8H2,2H3/t9-/m1/s1. The van der Waals surface area contributed by atoms with Gasteiger partial charge in [0.15, 0.2) is 0 Å². The Morgan fingerprint density at radius 2 is 2.50 bits per heavy atom. The highest BCUT2D eigenvalue weighted by Gasteiger charge is 1.95. The molecule has 1 N–H and O–H groups in total. The smallest absolute Gasteiger partial charge is 0.0541 e. The molecule has 0 aromatic carbocycles. The van der Waals surface area contributed by atoms with Crippen molar-refractivity contribution in [2.24, 2.45) is 0 Å². The third-order valence-electron chi connectivity index (χ3n) is 1.68. The van der Waals surface area contributed by atoms with Gasteiger partial charge in [0, 0.05) is 18.8 Å². The average Bonchev–Trinajstić information content (AvgIpc) is 2.16. The minimum absolute atomic E-state index is 0.340. The molecule has 0 radical (unpaired) electrons. The highest BCUT2D eigenvalue weighted by atomic mass is 14.9. The number of aromatic nitrogens is 1. The van der Waals surface area contributed by atoms with Crippen LogP contribution in [0.25, 0.3) is 0 Å². The molecule has 0 saturated carbocycles. The molecule has 0 spiro atoms. The van der Waals surface area contributed by atoms with Gasteiger partial charge in [-0.15, -0.1) is 6.58 Å². The summed E-state index contributed by atoms with van der Waals surface area (Å²) in [7, 11) is 0. The van der Waals surface area contributed by atoms with Crippen LogP contribution < -0.4 is 5.32 Å². The Labute approximate surface area is 73.3 Å². The predicted molar refractivity (Wildman–Crippen MR) is 50.7 cm³/mol. The Kier molecular flexibility index (Phi) is 3.48. The maximum absolute atomic E-state index is 4.19. The number of nitrogens with one attached hydrogen (secondary N) is 1. The second-order valence-electron chi connectivity index (χ2n) is 2.73. The average molecular weight is 162 g/mol. The summed E-state index contributed by atoms with van der Waals surface area (Å²) in [6.45, 7) is 6.56. The molecule has 0 fully saturated rings. The van der Waals surface area contributed by atoms with Crippen molar-refractivity contribution in [3.8, 4) is 0 Å². The number of hydrogen-bond acceptors (Lipinski definition) is 2. The summed E-state index contributed by atoms with van der Waals surface area (Å²) in [5, 5.41) is 3.27. The Balaban J connectivity index is 2.38. The molecule has 64 valence electrons. The largest absolute Gasteiger partial charge is 0.305 e. The van der Waals surface area contributed by atoms with Crippen molar-refractivity contribution < 1.29 is 0 Å². The third kappa shape index (κ3) is 2.84. The quantitative estimate of drug-likeness (QED) is 0.682. The summed E-state index contributed by atoms with van der Waals surface area (Å²) in [4.78, 5) is 4.19. The van der Waals surface area contributed by atoms with Gasteiger partial charge in [0.05, 0.1) is 5.69 Å². The first-order chi connectivity index (χ1) is 5.83. The van der Waals surface area contributed by atoms with Gasteiger partial charge < -0.3 is 5.32 Å². The first-order valence-electron chi connectivity index (χ1n) is 4.09. The maximum atomic E-state index is 4.19. The lowest BCUT2D eigenvalue weighted by Crippen LogP contribution is -2.23. The minimum atomic E-state index is 0.340. The van der Waals surface area contributed by atoms with Crippen molar-refractivity contribution in [2.45, 2.75) is 19.5 Å². The van der Waals surface area contributed by atoms with Crippen LogP contribution in [0.4, 0.5) is 0 Å². The summed E-state index contributed by atoms with van der Waals surface area (Å²) in [5.74, 6) is 0. The normalized spacial score (nSPS) is 12.4. The van der Waals surface area contributed by atoms with Gasteiger partial charge in [-0.1, -0.05) is 12.1 Å². The zero-order chi connectivity index (χ0) is 8.81. The number of nitrogens with zero attached hydrogens (tertiary/aromatic N) is 1. The molecule has 1 heterocycles. The highest BCUT2D eigenvalue weighted by Crippen LogP contribution is 1.93. The second kappa shape index (κ2) is 4.67. The zero-order valence-corrected chi connectivity index (χ0v) is 7.33. The van der Waals surface area contributed by atoms with Crippen LogP contribution in [0.15, 0.2) is 37.1 Å². The maximum Gasteiger partial charge on any atom is 0.0541 e. The van der Waals surface area contributed by atoms with E-state index in [1.165, 1.54) is 0 Å². The van der Waals surface area contributed by atoms with Gasteiger partial charge in [0.1, 0.15) is 0 Å². The van der Waals surface area contributed by atoms with Crippen LogP contribution in [0, 0.1) is 0 Å². The second-order valence-corrected chi connectivity index (χ2v) is 2.73. The van der Waals surface area contributed by atoms with Gasteiger partial charge in [0.2, 0.25) is 0 Å². The molecule has 0 aliphatic carbocycles. The van der Waals surface area contributed by atoms with E-state index < -0.39 is 0 Å². The molecule has 12 heavy (non-hydrogen) atoms. The lowest BCUT2D eigenvalue weighted by Gasteiger charge is -2.07.